The Bertz CT molecular complexity index is 748. The van der Waals surface area contributed by atoms with Gasteiger partial charge in [0.1, 0.15) is 10.5 Å². The molecule has 0 heterocycles. The standard InChI is InChI=1S/C23H28OP2/c1-18(21-16-11-17-22(21)26(24)23(2,3)4)25(19-12-7-5-8-13-19)20-14-9-6-10-15-20/h5-15,17-18,24H,16H2,1-4H3/p+1/t18-,26?/m1/s1. The summed E-state index contributed by atoms with van der Waals surface area (Å²) in [4.78, 5) is 11.0. The number of allylic oxidation sites excluding steroid dienone is 4. The lowest BCUT2D eigenvalue weighted by Crippen LogP contribution is -2.22. The van der Waals surface area contributed by atoms with Crippen molar-refractivity contribution in [2.24, 2.45) is 0 Å². The Hall–Kier alpha value is -1.26. The number of hydrogen-bond acceptors (Lipinski definition) is 1. The highest BCUT2D eigenvalue weighted by atomic mass is 31.1. The number of benzene rings is 2. The zero-order chi connectivity index (χ0) is 18.7. The molecule has 3 heteroatoms. The van der Waals surface area contributed by atoms with Crippen molar-refractivity contribution in [3.05, 3.63) is 83.7 Å². The van der Waals surface area contributed by atoms with Gasteiger partial charge in [-0.15, -0.1) is 0 Å². The van der Waals surface area contributed by atoms with E-state index < -0.39 is 16.1 Å². The van der Waals surface area contributed by atoms with Gasteiger partial charge in [0.05, 0.1) is 0 Å². The molecule has 1 N–H and O–H groups in total. The van der Waals surface area contributed by atoms with E-state index in [1.807, 2.05) is 0 Å². The quantitative estimate of drug-likeness (QED) is 0.663. The molecule has 0 fully saturated rings. The summed E-state index contributed by atoms with van der Waals surface area (Å²) in [6.07, 6.45) is 5.39. The van der Waals surface area contributed by atoms with Gasteiger partial charge in [0.15, 0.2) is 8.15 Å². The van der Waals surface area contributed by atoms with E-state index in [0.29, 0.717) is 5.66 Å². The molecule has 1 aliphatic rings. The summed E-state index contributed by atoms with van der Waals surface area (Å²) < 4.78 is 0. The number of rotatable bonds is 5. The second kappa shape index (κ2) is 8.18. The van der Waals surface area contributed by atoms with Crippen LogP contribution in [0.15, 0.2) is 83.7 Å². The summed E-state index contributed by atoms with van der Waals surface area (Å²) in [5.41, 5.74) is 1.85. The van der Waals surface area contributed by atoms with Gasteiger partial charge < -0.3 is 0 Å². The second-order valence-electron chi connectivity index (χ2n) is 7.86. The van der Waals surface area contributed by atoms with Gasteiger partial charge >= 0.3 is 0 Å². The summed E-state index contributed by atoms with van der Waals surface area (Å²) in [6, 6.07) is 21.7. The maximum absolute atomic E-state index is 11.0. The third-order valence-electron chi connectivity index (χ3n) is 4.89. The van der Waals surface area contributed by atoms with Crippen LogP contribution in [0.2, 0.25) is 0 Å². The molecule has 0 radical (unpaired) electrons. The molecule has 2 atom stereocenters. The Labute approximate surface area is 160 Å². The smallest absolute Gasteiger partial charge is 0.166 e. The molecule has 0 aliphatic heterocycles. The highest BCUT2D eigenvalue weighted by Crippen LogP contribution is 2.58. The van der Waals surface area contributed by atoms with E-state index >= 15 is 0 Å². The van der Waals surface area contributed by atoms with Crippen molar-refractivity contribution in [2.75, 3.05) is 0 Å². The van der Waals surface area contributed by atoms with Crippen molar-refractivity contribution in [3.8, 4) is 0 Å². The van der Waals surface area contributed by atoms with Crippen LogP contribution in [-0.2, 0) is 0 Å². The predicted molar refractivity (Wildman–Crippen MR) is 120 cm³/mol. The molecule has 3 rings (SSSR count). The zero-order valence-corrected chi connectivity index (χ0v) is 18.0. The monoisotopic (exact) mass is 383 g/mol. The molecule has 2 aromatic carbocycles. The van der Waals surface area contributed by atoms with E-state index in [1.54, 1.807) is 0 Å². The highest BCUT2D eigenvalue weighted by molar-refractivity contribution is 7.73. The van der Waals surface area contributed by atoms with Crippen molar-refractivity contribution < 1.29 is 4.89 Å². The van der Waals surface area contributed by atoms with Gasteiger partial charge in [-0.05, 0) is 57.4 Å². The predicted octanol–water partition coefficient (Wildman–Crippen LogP) is 5.64. The molecule has 0 spiro atoms. The van der Waals surface area contributed by atoms with Crippen LogP contribution >= 0.6 is 16.1 Å². The van der Waals surface area contributed by atoms with Gasteiger partial charge in [-0.3, -0.25) is 0 Å². The Morgan fingerprint density at radius 2 is 1.42 bits per heavy atom. The number of hydrogen-bond donors (Lipinski definition) is 1. The second-order valence-corrected chi connectivity index (χ2v) is 13.1. The Kier molecular flexibility index (Phi) is 6.13. The maximum atomic E-state index is 11.0. The Balaban J connectivity index is 2.05. The average Bonchev–Trinajstić information content (AvgIpc) is 3.12. The molecule has 26 heavy (non-hydrogen) atoms. The highest BCUT2D eigenvalue weighted by Gasteiger charge is 2.38. The first-order chi connectivity index (χ1) is 12.4. The minimum absolute atomic E-state index is 0.0537. The molecular weight excluding hydrogens is 354 g/mol. The molecule has 1 aliphatic carbocycles. The molecule has 0 saturated carbocycles. The van der Waals surface area contributed by atoms with Crippen LogP contribution in [0.4, 0.5) is 0 Å². The first kappa shape index (κ1) is 19.5. The lowest BCUT2D eigenvalue weighted by Gasteiger charge is -2.28. The van der Waals surface area contributed by atoms with E-state index in [2.05, 4.69) is 101 Å². The van der Waals surface area contributed by atoms with Gasteiger partial charge in [0.25, 0.3) is 0 Å². The molecule has 0 aromatic heterocycles. The zero-order valence-electron chi connectivity index (χ0n) is 16.1. The molecule has 1 nitrogen and oxygen atoms in total. The van der Waals surface area contributed by atoms with Crippen molar-refractivity contribution in [2.45, 2.75) is 44.9 Å². The van der Waals surface area contributed by atoms with Crippen molar-refractivity contribution in [1.82, 2.24) is 0 Å². The van der Waals surface area contributed by atoms with E-state index in [4.69, 9.17) is 0 Å². The van der Waals surface area contributed by atoms with Crippen LogP contribution in [0, 0.1) is 0 Å². The molecular formula is C23H29OP2+. The van der Waals surface area contributed by atoms with Crippen LogP contribution in [0.5, 0.6) is 0 Å². The molecule has 1 unspecified atom stereocenters. The SMILES string of the molecule is C[C@H](C1=C([PH+](O)C(C)(C)C)C=CC1)P(c1ccccc1)c1ccccc1. The van der Waals surface area contributed by atoms with Crippen LogP contribution in [-0.4, -0.2) is 15.7 Å². The van der Waals surface area contributed by atoms with Crippen molar-refractivity contribution >= 4 is 26.7 Å². The normalized spacial score (nSPS) is 17.0. The first-order valence-corrected chi connectivity index (χ1v) is 12.1. The fourth-order valence-electron chi connectivity index (χ4n) is 3.48. The molecule has 0 saturated heterocycles. The lowest BCUT2D eigenvalue weighted by molar-refractivity contribution is 0.585. The van der Waals surface area contributed by atoms with Gasteiger partial charge in [-0.1, -0.05) is 73.7 Å². The summed E-state index contributed by atoms with van der Waals surface area (Å²) in [7, 11) is -2.07. The molecule has 136 valence electrons. The van der Waals surface area contributed by atoms with E-state index in [-0.39, 0.29) is 5.16 Å². The van der Waals surface area contributed by atoms with E-state index in [1.165, 1.54) is 21.5 Å². The Morgan fingerprint density at radius 3 is 1.88 bits per heavy atom. The van der Waals surface area contributed by atoms with Crippen molar-refractivity contribution in [1.29, 1.82) is 0 Å². The Morgan fingerprint density at radius 1 is 0.923 bits per heavy atom. The molecule has 0 bridgehead atoms. The third-order valence-corrected chi connectivity index (χ3v) is 10.1. The summed E-state index contributed by atoms with van der Waals surface area (Å²) >= 11 is 0. The molecule has 0 amide bonds. The average molecular weight is 383 g/mol. The van der Waals surface area contributed by atoms with Gasteiger partial charge in [0, 0.05) is 5.66 Å². The van der Waals surface area contributed by atoms with Crippen molar-refractivity contribution in [3.63, 3.8) is 0 Å². The van der Waals surface area contributed by atoms with E-state index in [9.17, 15) is 4.89 Å². The van der Waals surface area contributed by atoms with E-state index in [0.717, 1.165) is 6.42 Å². The topological polar surface area (TPSA) is 20.2 Å². The maximum Gasteiger partial charge on any atom is 0.166 e. The summed E-state index contributed by atoms with van der Waals surface area (Å²) in [5.74, 6) is 0. The van der Waals surface area contributed by atoms with Crippen LogP contribution in [0.3, 0.4) is 0 Å². The van der Waals surface area contributed by atoms with Gasteiger partial charge in [-0.25, -0.2) is 4.89 Å². The minimum Gasteiger partial charge on any atom is -0.248 e. The summed E-state index contributed by atoms with van der Waals surface area (Å²) in [6.45, 7) is 8.81. The molecule has 2 aromatic rings. The van der Waals surface area contributed by atoms with Crippen LogP contribution in [0.1, 0.15) is 34.1 Å². The van der Waals surface area contributed by atoms with Crippen LogP contribution < -0.4 is 10.6 Å². The minimum atomic E-state index is -1.57. The fraction of sp³-hybridized carbons (Fsp3) is 0.304. The lowest BCUT2D eigenvalue weighted by atomic mass is 10.2. The fourth-order valence-corrected chi connectivity index (χ4v) is 8.04. The third kappa shape index (κ3) is 4.17. The first-order valence-electron chi connectivity index (χ1n) is 9.25. The van der Waals surface area contributed by atoms with Gasteiger partial charge in [-0.2, -0.15) is 0 Å². The largest absolute Gasteiger partial charge is 0.248 e. The summed E-state index contributed by atoms with van der Waals surface area (Å²) in [5, 5.41) is 3.99. The van der Waals surface area contributed by atoms with Gasteiger partial charge in [0.2, 0.25) is 0 Å². The van der Waals surface area contributed by atoms with Crippen LogP contribution in [0.25, 0.3) is 0 Å².